The molecule has 70 valence electrons. The third-order valence-electron chi connectivity index (χ3n) is 2.23. The highest BCUT2D eigenvalue weighted by Crippen LogP contribution is 2.24. The first kappa shape index (κ1) is 8.97. The molecule has 0 aliphatic carbocycles. The van der Waals surface area contributed by atoms with E-state index in [0.717, 1.165) is 16.4 Å². The van der Waals surface area contributed by atoms with Crippen LogP contribution in [0.3, 0.4) is 0 Å². The van der Waals surface area contributed by atoms with Crippen LogP contribution < -0.4 is 0 Å². The van der Waals surface area contributed by atoms with Crippen molar-refractivity contribution in [1.82, 2.24) is 9.55 Å². The monoisotopic (exact) mass is 203 g/mol. The van der Waals surface area contributed by atoms with Crippen LogP contribution in [0.1, 0.15) is 11.4 Å². The zero-order valence-corrected chi connectivity index (χ0v) is 8.80. The Morgan fingerprint density at radius 1 is 1.57 bits per heavy atom. The predicted molar refractivity (Wildman–Crippen MR) is 56.0 cm³/mol. The van der Waals surface area contributed by atoms with Crippen LogP contribution in [0.4, 0.5) is 0 Å². The van der Waals surface area contributed by atoms with Gasteiger partial charge < -0.3 is 4.57 Å². The quantitative estimate of drug-likeness (QED) is 0.713. The Hall–Kier alpha value is -1.60. The molecule has 0 radical (unpaired) electrons. The lowest BCUT2D eigenvalue weighted by molar-refractivity contribution is 0.885. The van der Waals surface area contributed by atoms with Gasteiger partial charge in [0, 0.05) is 7.05 Å². The molecule has 0 aliphatic rings. The van der Waals surface area contributed by atoms with Crippen LogP contribution >= 0.6 is 11.3 Å². The number of aromatic nitrogens is 2. The molecule has 14 heavy (non-hydrogen) atoms. The van der Waals surface area contributed by atoms with E-state index in [1.165, 1.54) is 0 Å². The van der Waals surface area contributed by atoms with Gasteiger partial charge in [-0.3, -0.25) is 0 Å². The zero-order valence-electron chi connectivity index (χ0n) is 7.98. The SMILES string of the molecule is Cc1c(C#N)nc(-c2cccs2)n1C. The number of rotatable bonds is 1. The molecule has 2 aromatic rings. The normalized spacial score (nSPS) is 10.1. The Balaban J connectivity index is 2.62. The molecule has 0 amide bonds. The topological polar surface area (TPSA) is 41.6 Å². The van der Waals surface area contributed by atoms with E-state index in [2.05, 4.69) is 11.1 Å². The molecule has 0 N–H and O–H groups in total. The molecule has 4 heteroatoms. The molecule has 0 aromatic carbocycles. The third-order valence-corrected chi connectivity index (χ3v) is 3.09. The van der Waals surface area contributed by atoms with Crippen molar-refractivity contribution in [1.29, 1.82) is 5.26 Å². The van der Waals surface area contributed by atoms with Crippen molar-refractivity contribution in [3.8, 4) is 16.8 Å². The van der Waals surface area contributed by atoms with Crippen LogP contribution in [0.5, 0.6) is 0 Å². The summed E-state index contributed by atoms with van der Waals surface area (Å²) >= 11 is 1.63. The fourth-order valence-electron chi connectivity index (χ4n) is 1.31. The van der Waals surface area contributed by atoms with E-state index in [0.29, 0.717) is 5.69 Å². The van der Waals surface area contributed by atoms with E-state index in [-0.39, 0.29) is 0 Å². The fraction of sp³-hybridized carbons (Fsp3) is 0.200. The van der Waals surface area contributed by atoms with E-state index >= 15 is 0 Å². The summed E-state index contributed by atoms with van der Waals surface area (Å²) in [4.78, 5) is 5.38. The highest BCUT2D eigenvalue weighted by Gasteiger charge is 2.12. The third kappa shape index (κ3) is 1.22. The summed E-state index contributed by atoms with van der Waals surface area (Å²) in [5, 5.41) is 10.8. The molecule has 0 bridgehead atoms. The molecule has 0 unspecified atom stereocenters. The summed E-state index contributed by atoms with van der Waals surface area (Å²) in [6.45, 7) is 1.91. The first-order valence-electron chi connectivity index (χ1n) is 4.21. The zero-order chi connectivity index (χ0) is 10.1. The van der Waals surface area contributed by atoms with Gasteiger partial charge in [0.2, 0.25) is 0 Å². The van der Waals surface area contributed by atoms with Gasteiger partial charge in [-0.1, -0.05) is 6.07 Å². The molecule has 0 fully saturated rings. The predicted octanol–water partition coefficient (Wildman–Crippen LogP) is 2.33. The molecule has 0 spiro atoms. The van der Waals surface area contributed by atoms with Crippen LogP contribution in [0, 0.1) is 18.3 Å². The number of imidazole rings is 1. The Bertz CT molecular complexity index is 488. The minimum atomic E-state index is 0.510. The summed E-state index contributed by atoms with van der Waals surface area (Å²) in [6, 6.07) is 6.08. The van der Waals surface area contributed by atoms with Gasteiger partial charge in [0.25, 0.3) is 0 Å². The first-order valence-corrected chi connectivity index (χ1v) is 5.09. The summed E-state index contributed by atoms with van der Waals surface area (Å²) in [5.74, 6) is 0.869. The lowest BCUT2D eigenvalue weighted by Crippen LogP contribution is -1.93. The van der Waals surface area contributed by atoms with Crippen LogP contribution in [-0.2, 0) is 7.05 Å². The van der Waals surface area contributed by atoms with E-state index in [1.54, 1.807) is 11.3 Å². The minimum Gasteiger partial charge on any atom is -0.329 e. The van der Waals surface area contributed by atoms with Crippen molar-refractivity contribution in [2.24, 2.45) is 7.05 Å². The van der Waals surface area contributed by atoms with Crippen molar-refractivity contribution < 1.29 is 0 Å². The second-order valence-electron chi connectivity index (χ2n) is 3.02. The van der Waals surface area contributed by atoms with Crippen molar-refractivity contribution in [2.45, 2.75) is 6.92 Å². The largest absolute Gasteiger partial charge is 0.329 e. The van der Waals surface area contributed by atoms with Crippen molar-refractivity contribution in [2.75, 3.05) is 0 Å². The summed E-state index contributed by atoms with van der Waals surface area (Å²) < 4.78 is 1.95. The molecule has 0 saturated heterocycles. The first-order chi connectivity index (χ1) is 6.74. The van der Waals surface area contributed by atoms with Crippen LogP contribution in [0.2, 0.25) is 0 Å². The molecular weight excluding hydrogens is 194 g/mol. The Morgan fingerprint density at radius 3 is 2.86 bits per heavy atom. The highest BCUT2D eigenvalue weighted by molar-refractivity contribution is 7.13. The van der Waals surface area contributed by atoms with Gasteiger partial charge in [-0.25, -0.2) is 4.98 Å². The van der Waals surface area contributed by atoms with E-state index in [9.17, 15) is 0 Å². The average Bonchev–Trinajstić information content (AvgIpc) is 2.78. The maximum absolute atomic E-state index is 8.83. The molecule has 0 atom stereocenters. The van der Waals surface area contributed by atoms with E-state index in [4.69, 9.17) is 5.26 Å². The lowest BCUT2D eigenvalue weighted by Gasteiger charge is -1.98. The average molecular weight is 203 g/mol. The number of thiophene rings is 1. The maximum Gasteiger partial charge on any atom is 0.162 e. The molecular formula is C10H9N3S. The Morgan fingerprint density at radius 2 is 2.36 bits per heavy atom. The van der Waals surface area contributed by atoms with Crippen molar-refractivity contribution >= 4 is 11.3 Å². The van der Waals surface area contributed by atoms with Crippen LogP contribution in [-0.4, -0.2) is 9.55 Å². The highest BCUT2D eigenvalue weighted by atomic mass is 32.1. The van der Waals surface area contributed by atoms with Crippen molar-refractivity contribution in [3.05, 3.63) is 28.9 Å². The summed E-state index contributed by atoms with van der Waals surface area (Å²) in [6.07, 6.45) is 0. The number of nitriles is 1. The van der Waals surface area contributed by atoms with Crippen LogP contribution in [0.25, 0.3) is 10.7 Å². The molecule has 2 heterocycles. The fourth-order valence-corrected chi connectivity index (χ4v) is 2.06. The van der Waals surface area contributed by atoms with Gasteiger partial charge in [0.05, 0.1) is 10.6 Å². The Labute approximate surface area is 86.3 Å². The lowest BCUT2D eigenvalue weighted by atomic mass is 10.4. The van der Waals surface area contributed by atoms with Gasteiger partial charge in [0.1, 0.15) is 6.07 Å². The number of hydrogen-bond donors (Lipinski definition) is 0. The summed E-state index contributed by atoms with van der Waals surface area (Å²) in [5.41, 5.74) is 1.42. The molecule has 2 aromatic heterocycles. The standard InChI is InChI=1S/C10H9N3S/c1-7-8(6-11)12-10(13(7)2)9-4-3-5-14-9/h3-5H,1-2H3. The van der Waals surface area contributed by atoms with E-state index < -0.39 is 0 Å². The van der Waals surface area contributed by atoms with Gasteiger partial charge in [0.15, 0.2) is 11.5 Å². The Kier molecular flexibility index (Phi) is 2.10. The minimum absolute atomic E-state index is 0.510. The molecule has 0 aliphatic heterocycles. The maximum atomic E-state index is 8.83. The van der Waals surface area contributed by atoms with Gasteiger partial charge >= 0.3 is 0 Å². The molecule has 2 rings (SSSR count). The number of nitrogens with zero attached hydrogens (tertiary/aromatic N) is 3. The second kappa shape index (κ2) is 3.28. The van der Waals surface area contributed by atoms with E-state index in [1.807, 2.05) is 36.1 Å². The van der Waals surface area contributed by atoms with Gasteiger partial charge in [-0.2, -0.15) is 5.26 Å². The van der Waals surface area contributed by atoms with Gasteiger partial charge in [-0.15, -0.1) is 11.3 Å². The molecule has 0 saturated carbocycles. The summed E-state index contributed by atoms with van der Waals surface area (Å²) in [7, 11) is 1.93. The van der Waals surface area contributed by atoms with Crippen LogP contribution in [0.15, 0.2) is 17.5 Å². The smallest absolute Gasteiger partial charge is 0.162 e. The van der Waals surface area contributed by atoms with Gasteiger partial charge in [-0.05, 0) is 18.4 Å². The number of hydrogen-bond acceptors (Lipinski definition) is 3. The van der Waals surface area contributed by atoms with Crippen molar-refractivity contribution in [3.63, 3.8) is 0 Å². The molecule has 3 nitrogen and oxygen atoms in total. The second-order valence-corrected chi connectivity index (χ2v) is 3.97.